The van der Waals surface area contributed by atoms with Crippen molar-refractivity contribution in [2.24, 2.45) is 7.05 Å². The average molecular weight is 324 g/mol. The van der Waals surface area contributed by atoms with E-state index in [1.54, 1.807) is 13.1 Å². The van der Waals surface area contributed by atoms with E-state index in [1.807, 2.05) is 19.9 Å². The van der Waals surface area contributed by atoms with Gasteiger partial charge in [-0.05, 0) is 23.6 Å². The third kappa shape index (κ3) is 2.30. The van der Waals surface area contributed by atoms with Crippen LogP contribution in [0.4, 0.5) is 0 Å². The molecule has 0 bridgehead atoms. The van der Waals surface area contributed by atoms with Gasteiger partial charge in [0.15, 0.2) is 0 Å². The molecule has 0 amide bonds. The van der Waals surface area contributed by atoms with Crippen molar-refractivity contribution in [1.29, 1.82) is 0 Å². The topological polar surface area (TPSA) is 59.3 Å². The Kier molecular flexibility index (Phi) is 3.49. The first kappa shape index (κ1) is 13.8. The van der Waals surface area contributed by atoms with E-state index in [0.29, 0.717) is 10.9 Å². The van der Waals surface area contributed by atoms with Gasteiger partial charge in [-0.3, -0.25) is 4.79 Å². The largest absolute Gasteiger partial charge is 0.478 e. The molecule has 2 aromatic rings. The lowest BCUT2D eigenvalue weighted by atomic mass is 9.97. The number of aromatic carboxylic acids is 1. The number of aromatic nitrogens is 1. The molecule has 4 nitrogen and oxygen atoms in total. The second-order valence-corrected chi connectivity index (χ2v) is 5.72. The van der Waals surface area contributed by atoms with Crippen LogP contribution in [0.5, 0.6) is 0 Å². The number of nitrogens with zero attached hydrogens (tertiary/aromatic N) is 1. The Bertz CT molecular complexity index is 732. The molecular formula is C14H14BrNO3. The molecule has 0 saturated carbocycles. The van der Waals surface area contributed by atoms with Crippen LogP contribution in [0.1, 0.15) is 35.7 Å². The zero-order valence-corrected chi connectivity index (χ0v) is 12.5. The Morgan fingerprint density at radius 2 is 1.95 bits per heavy atom. The van der Waals surface area contributed by atoms with Crippen LogP contribution in [0.3, 0.4) is 0 Å². The molecule has 0 aliphatic heterocycles. The SMILES string of the molecule is CC(C)c1cc(Br)cc2c(C(=O)O)cc(=O)n(C)c12. The van der Waals surface area contributed by atoms with Crippen molar-refractivity contribution in [2.75, 3.05) is 0 Å². The number of hydrogen-bond donors (Lipinski definition) is 1. The van der Waals surface area contributed by atoms with E-state index in [2.05, 4.69) is 15.9 Å². The summed E-state index contributed by atoms with van der Waals surface area (Å²) in [6.45, 7) is 4.03. The van der Waals surface area contributed by atoms with Gasteiger partial charge in [-0.25, -0.2) is 4.79 Å². The normalized spacial score (nSPS) is 11.2. The van der Waals surface area contributed by atoms with Crippen LogP contribution in [0.15, 0.2) is 27.5 Å². The zero-order valence-electron chi connectivity index (χ0n) is 10.9. The fourth-order valence-electron chi connectivity index (χ4n) is 2.23. The van der Waals surface area contributed by atoms with Crippen LogP contribution < -0.4 is 5.56 Å². The molecule has 2 rings (SSSR count). The van der Waals surface area contributed by atoms with Crippen LogP contribution >= 0.6 is 15.9 Å². The summed E-state index contributed by atoms with van der Waals surface area (Å²) in [5.41, 5.74) is 1.37. The van der Waals surface area contributed by atoms with Gasteiger partial charge in [0.1, 0.15) is 0 Å². The lowest BCUT2D eigenvalue weighted by molar-refractivity contribution is 0.0699. The van der Waals surface area contributed by atoms with Gasteiger partial charge in [0.2, 0.25) is 0 Å². The maximum atomic E-state index is 11.9. The Hall–Kier alpha value is -1.62. The fraction of sp³-hybridized carbons (Fsp3) is 0.286. The van der Waals surface area contributed by atoms with E-state index < -0.39 is 5.97 Å². The maximum Gasteiger partial charge on any atom is 0.336 e. The van der Waals surface area contributed by atoms with Gasteiger partial charge in [-0.2, -0.15) is 0 Å². The third-order valence-corrected chi connectivity index (χ3v) is 3.64. The molecule has 0 fully saturated rings. The molecule has 19 heavy (non-hydrogen) atoms. The van der Waals surface area contributed by atoms with Crippen molar-refractivity contribution in [2.45, 2.75) is 19.8 Å². The molecule has 0 atom stereocenters. The predicted octanol–water partition coefficient (Wildman–Crippen LogP) is 3.12. The first-order valence-corrected chi connectivity index (χ1v) is 6.68. The Balaban J connectivity index is 3.08. The summed E-state index contributed by atoms with van der Waals surface area (Å²) in [7, 11) is 1.66. The number of rotatable bonds is 2. The maximum absolute atomic E-state index is 11.9. The summed E-state index contributed by atoms with van der Waals surface area (Å²) in [6, 6.07) is 4.84. The molecule has 1 aromatic heterocycles. The summed E-state index contributed by atoms with van der Waals surface area (Å²) < 4.78 is 2.31. The van der Waals surface area contributed by atoms with Crippen LogP contribution in [0.2, 0.25) is 0 Å². The lowest BCUT2D eigenvalue weighted by Gasteiger charge is -2.15. The van der Waals surface area contributed by atoms with Gasteiger partial charge >= 0.3 is 5.97 Å². The predicted molar refractivity (Wildman–Crippen MR) is 77.9 cm³/mol. The van der Waals surface area contributed by atoms with Crippen LogP contribution in [0, 0.1) is 0 Å². The third-order valence-electron chi connectivity index (χ3n) is 3.18. The summed E-state index contributed by atoms with van der Waals surface area (Å²) in [4.78, 5) is 23.2. The molecule has 0 radical (unpaired) electrons. The molecule has 0 unspecified atom stereocenters. The summed E-state index contributed by atoms with van der Waals surface area (Å²) in [6.07, 6.45) is 0. The highest BCUT2D eigenvalue weighted by Crippen LogP contribution is 2.30. The number of aryl methyl sites for hydroxylation is 1. The van der Waals surface area contributed by atoms with E-state index in [4.69, 9.17) is 0 Å². The van der Waals surface area contributed by atoms with Gasteiger partial charge < -0.3 is 9.67 Å². The zero-order chi connectivity index (χ0) is 14.3. The molecule has 1 N–H and O–H groups in total. The molecule has 0 aliphatic carbocycles. The number of carboxylic acid groups (broad SMARTS) is 1. The van der Waals surface area contributed by atoms with E-state index in [-0.39, 0.29) is 17.0 Å². The Labute approximate surface area is 118 Å². The second kappa shape index (κ2) is 4.81. The minimum Gasteiger partial charge on any atom is -0.478 e. The van der Waals surface area contributed by atoms with Crippen molar-refractivity contribution < 1.29 is 9.90 Å². The fourth-order valence-corrected chi connectivity index (χ4v) is 2.70. The van der Waals surface area contributed by atoms with E-state index in [9.17, 15) is 14.7 Å². The molecule has 5 heteroatoms. The smallest absolute Gasteiger partial charge is 0.336 e. The summed E-state index contributed by atoms with van der Waals surface area (Å²) in [5.74, 6) is -0.898. The average Bonchev–Trinajstić information content (AvgIpc) is 2.32. The summed E-state index contributed by atoms with van der Waals surface area (Å²) >= 11 is 3.40. The van der Waals surface area contributed by atoms with Crippen LogP contribution in [-0.4, -0.2) is 15.6 Å². The highest BCUT2D eigenvalue weighted by molar-refractivity contribution is 9.10. The number of hydrogen-bond acceptors (Lipinski definition) is 2. The van der Waals surface area contributed by atoms with Crippen molar-refractivity contribution in [1.82, 2.24) is 4.57 Å². The minimum absolute atomic E-state index is 0.0429. The number of benzene rings is 1. The van der Waals surface area contributed by atoms with E-state index in [0.717, 1.165) is 10.0 Å². The van der Waals surface area contributed by atoms with E-state index in [1.165, 1.54) is 10.6 Å². The number of halogens is 1. The highest BCUT2D eigenvalue weighted by Gasteiger charge is 2.17. The van der Waals surface area contributed by atoms with Gasteiger partial charge in [-0.1, -0.05) is 29.8 Å². The molecular weight excluding hydrogens is 310 g/mol. The standard InChI is InChI=1S/C14H14BrNO3/c1-7(2)9-4-8(15)5-10-11(14(18)19)6-12(17)16(3)13(9)10/h4-7H,1-3H3,(H,18,19). The first-order valence-electron chi connectivity index (χ1n) is 5.89. The van der Waals surface area contributed by atoms with Gasteiger partial charge in [0.25, 0.3) is 5.56 Å². The Morgan fingerprint density at radius 3 is 2.47 bits per heavy atom. The molecule has 100 valence electrons. The van der Waals surface area contributed by atoms with Crippen molar-refractivity contribution in [3.8, 4) is 0 Å². The molecule has 0 spiro atoms. The van der Waals surface area contributed by atoms with E-state index >= 15 is 0 Å². The summed E-state index contributed by atoms with van der Waals surface area (Å²) in [5, 5.41) is 9.83. The molecule has 0 saturated heterocycles. The van der Waals surface area contributed by atoms with Crippen molar-refractivity contribution in [3.63, 3.8) is 0 Å². The van der Waals surface area contributed by atoms with Crippen molar-refractivity contribution >= 4 is 32.8 Å². The van der Waals surface area contributed by atoms with Crippen LogP contribution in [-0.2, 0) is 7.05 Å². The monoisotopic (exact) mass is 323 g/mol. The molecule has 1 heterocycles. The number of fused-ring (bicyclic) bond motifs is 1. The molecule has 0 aliphatic rings. The number of carbonyl (C=O) groups is 1. The second-order valence-electron chi connectivity index (χ2n) is 4.81. The first-order chi connectivity index (χ1) is 8.82. The highest BCUT2D eigenvalue weighted by atomic mass is 79.9. The van der Waals surface area contributed by atoms with Gasteiger partial charge in [0, 0.05) is 23.0 Å². The van der Waals surface area contributed by atoms with Crippen LogP contribution in [0.25, 0.3) is 10.9 Å². The number of carboxylic acids is 1. The van der Waals surface area contributed by atoms with Gasteiger partial charge in [-0.15, -0.1) is 0 Å². The quantitative estimate of drug-likeness (QED) is 0.923. The Morgan fingerprint density at radius 1 is 1.32 bits per heavy atom. The minimum atomic E-state index is -1.09. The number of pyridine rings is 1. The molecule has 1 aromatic carbocycles. The lowest BCUT2D eigenvalue weighted by Crippen LogP contribution is -2.20. The van der Waals surface area contributed by atoms with Crippen molar-refractivity contribution in [3.05, 3.63) is 44.2 Å². The van der Waals surface area contributed by atoms with Gasteiger partial charge in [0.05, 0.1) is 11.1 Å².